The van der Waals surface area contributed by atoms with Gasteiger partial charge in [-0.2, -0.15) is 0 Å². The largest absolute Gasteiger partial charge is 0.363 e. The summed E-state index contributed by atoms with van der Waals surface area (Å²) in [5.41, 5.74) is 0. The molecule has 0 amide bonds. The lowest BCUT2D eigenvalue weighted by Gasteiger charge is -2.27. The number of hydrogen-bond acceptors (Lipinski definition) is 5. The Morgan fingerprint density at radius 2 is 1.35 bits per heavy atom. The van der Waals surface area contributed by atoms with Crippen molar-refractivity contribution >= 4 is 45.3 Å². The summed E-state index contributed by atoms with van der Waals surface area (Å²) < 4.78 is 0. The Bertz CT molecular complexity index is 808. The van der Waals surface area contributed by atoms with Crippen molar-refractivity contribution in [3.63, 3.8) is 0 Å². The average molecular weight is 360 g/mol. The van der Waals surface area contributed by atoms with Gasteiger partial charge in [0.1, 0.15) is 0 Å². The van der Waals surface area contributed by atoms with E-state index < -0.39 is 0 Å². The van der Waals surface area contributed by atoms with Crippen molar-refractivity contribution in [1.82, 2.24) is 0 Å². The van der Waals surface area contributed by atoms with Crippen molar-refractivity contribution in [3.8, 4) is 19.5 Å². The Kier molecular flexibility index (Phi) is 4.33. The van der Waals surface area contributed by atoms with Crippen LogP contribution in [0.15, 0.2) is 36.4 Å². The number of piperidine rings is 1. The maximum Gasteiger partial charge on any atom is 0.160 e. The molecule has 118 valence electrons. The SMILES string of the molecule is O=Cc1ccc(-c2ccc(-c3ccc(N4CCCCC4)s3)s2)s1. The van der Waals surface area contributed by atoms with E-state index in [1.54, 1.807) is 11.3 Å². The molecule has 0 bridgehead atoms. The van der Waals surface area contributed by atoms with E-state index in [9.17, 15) is 4.79 Å². The quantitative estimate of drug-likeness (QED) is 0.532. The predicted octanol–water partition coefficient (Wildman–Crippen LogP) is 6.01. The molecule has 4 rings (SSSR count). The van der Waals surface area contributed by atoms with Gasteiger partial charge in [0.2, 0.25) is 0 Å². The minimum absolute atomic E-state index is 0.790. The number of hydrogen-bond donors (Lipinski definition) is 0. The molecule has 2 nitrogen and oxygen atoms in total. The van der Waals surface area contributed by atoms with Crippen LogP contribution in [-0.2, 0) is 0 Å². The fraction of sp³-hybridized carbons (Fsp3) is 0.278. The Hall–Kier alpha value is -1.43. The summed E-state index contributed by atoms with van der Waals surface area (Å²) in [5.74, 6) is 0. The summed E-state index contributed by atoms with van der Waals surface area (Å²) in [6.45, 7) is 2.39. The van der Waals surface area contributed by atoms with Crippen molar-refractivity contribution in [2.24, 2.45) is 0 Å². The summed E-state index contributed by atoms with van der Waals surface area (Å²) in [6, 6.07) is 12.8. The van der Waals surface area contributed by atoms with Gasteiger partial charge in [-0.3, -0.25) is 4.79 Å². The first-order valence-electron chi connectivity index (χ1n) is 7.84. The standard InChI is InChI=1S/C18H17NOS3/c20-12-13-4-5-14(21-13)15-6-7-16(22-15)17-8-9-18(23-17)19-10-2-1-3-11-19/h4-9,12H,1-3,10-11H2. The maximum atomic E-state index is 10.8. The van der Waals surface area contributed by atoms with Crippen LogP contribution < -0.4 is 4.90 Å². The first-order chi connectivity index (χ1) is 11.3. The van der Waals surface area contributed by atoms with Crippen LogP contribution in [0.1, 0.15) is 28.9 Å². The second kappa shape index (κ2) is 6.59. The van der Waals surface area contributed by atoms with Crippen molar-refractivity contribution in [2.45, 2.75) is 19.3 Å². The fourth-order valence-corrected chi connectivity index (χ4v) is 5.96. The highest BCUT2D eigenvalue weighted by molar-refractivity contribution is 7.27. The van der Waals surface area contributed by atoms with Gasteiger partial charge >= 0.3 is 0 Å². The van der Waals surface area contributed by atoms with E-state index >= 15 is 0 Å². The summed E-state index contributed by atoms with van der Waals surface area (Å²) in [7, 11) is 0. The number of carbonyl (C=O) groups excluding carboxylic acids is 1. The summed E-state index contributed by atoms with van der Waals surface area (Å²) in [5, 5.41) is 1.40. The van der Waals surface area contributed by atoms with Crippen LogP contribution in [0.2, 0.25) is 0 Å². The van der Waals surface area contributed by atoms with Gasteiger partial charge in [0.05, 0.1) is 9.88 Å². The van der Waals surface area contributed by atoms with Crippen LogP contribution in [0.4, 0.5) is 5.00 Å². The molecule has 0 unspecified atom stereocenters. The summed E-state index contributed by atoms with van der Waals surface area (Å²) in [6.07, 6.45) is 4.92. The van der Waals surface area contributed by atoms with E-state index in [2.05, 4.69) is 29.2 Å². The van der Waals surface area contributed by atoms with Gasteiger partial charge in [0.25, 0.3) is 0 Å². The van der Waals surface area contributed by atoms with Crippen LogP contribution in [0, 0.1) is 0 Å². The Labute approximate surface area is 148 Å². The third-order valence-corrected chi connectivity index (χ3v) is 7.73. The number of thiophene rings is 3. The molecule has 1 saturated heterocycles. The number of anilines is 1. The van der Waals surface area contributed by atoms with Crippen LogP contribution >= 0.6 is 34.0 Å². The van der Waals surface area contributed by atoms with E-state index in [1.165, 1.54) is 56.9 Å². The van der Waals surface area contributed by atoms with E-state index in [0.29, 0.717) is 0 Å². The van der Waals surface area contributed by atoms with Crippen molar-refractivity contribution in [2.75, 3.05) is 18.0 Å². The zero-order valence-corrected chi connectivity index (χ0v) is 15.1. The number of carbonyl (C=O) groups is 1. The Morgan fingerprint density at radius 3 is 2.04 bits per heavy atom. The van der Waals surface area contributed by atoms with Gasteiger partial charge < -0.3 is 4.90 Å². The molecule has 0 spiro atoms. The van der Waals surface area contributed by atoms with Gasteiger partial charge in [-0.15, -0.1) is 34.0 Å². The van der Waals surface area contributed by atoms with Gasteiger partial charge in [-0.25, -0.2) is 0 Å². The molecule has 0 aromatic carbocycles. The smallest absolute Gasteiger partial charge is 0.160 e. The molecule has 0 atom stereocenters. The van der Waals surface area contributed by atoms with E-state index in [0.717, 1.165) is 11.2 Å². The van der Waals surface area contributed by atoms with Crippen molar-refractivity contribution in [1.29, 1.82) is 0 Å². The van der Waals surface area contributed by atoms with Gasteiger partial charge in [0, 0.05) is 32.6 Å². The molecular formula is C18H17NOS3. The number of rotatable bonds is 4. The first-order valence-corrected chi connectivity index (χ1v) is 10.3. The zero-order chi connectivity index (χ0) is 15.6. The molecule has 1 aliphatic rings. The molecule has 3 aromatic heterocycles. The maximum absolute atomic E-state index is 10.8. The molecule has 1 aliphatic heterocycles. The lowest BCUT2D eigenvalue weighted by atomic mass is 10.1. The van der Waals surface area contributed by atoms with E-state index in [1.807, 2.05) is 34.8 Å². The second-order valence-electron chi connectivity index (χ2n) is 5.67. The highest BCUT2D eigenvalue weighted by atomic mass is 32.1. The highest BCUT2D eigenvalue weighted by Crippen LogP contribution is 2.41. The molecule has 23 heavy (non-hydrogen) atoms. The molecule has 1 fully saturated rings. The summed E-state index contributed by atoms with van der Waals surface area (Å²) in [4.78, 5) is 19.2. The summed E-state index contributed by atoms with van der Waals surface area (Å²) >= 11 is 5.26. The van der Waals surface area contributed by atoms with Crippen molar-refractivity contribution in [3.05, 3.63) is 41.3 Å². The Morgan fingerprint density at radius 1 is 0.739 bits per heavy atom. The van der Waals surface area contributed by atoms with Crippen LogP contribution in [0.5, 0.6) is 0 Å². The highest BCUT2D eigenvalue weighted by Gasteiger charge is 2.14. The molecule has 5 heteroatoms. The molecular weight excluding hydrogens is 342 g/mol. The lowest BCUT2D eigenvalue weighted by Crippen LogP contribution is -2.28. The van der Waals surface area contributed by atoms with E-state index in [4.69, 9.17) is 0 Å². The van der Waals surface area contributed by atoms with Crippen LogP contribution in [-0.4, -0.2) is 19.4 Å². The lowest BCUT2D eigenvalue weighted by molar-refractivity contribution is 0.112. The fourth-order valence-electron chi connectivity index (χ4n) is 2.90. The van der Waals surface area contributed by atoms with Crippen LogP contribution in [0.3, 0.4) is 0 Å². The minimum atomic E-state index is 0.790. The van der Waals surface area contributed by atoms with Gasteiger partial charge in [0.15, 0.2) is 6.29 Å². The topological polar surface area (TPSA) is 20.3 Å². The second-order valence-corrected chi connectivity index (χ2v) is 8.93. The zero-order valence-electron chi connectivity index (χ0n) is 12.7. The predicted molar refractivity (Wildman–Crippen MR) is 102 cm³/mol. The minimum Gasteiger partial charge on any atom is -0.363 e. The monoisotopic (exact) mass is 359 g/mol. The van der Waals surface area contributed by atoms with Gasteiger partial charge in [-0.1, -0.05) is 0 Å². The molecule has 0 radical (unpaired) electrons. The van der Waals surface area contributed by atoms with Crippen LogP contribution in [0.25, 0.3) is 19.5 Å². The Balaban J connectivity index is 1.56. The molecule has 4 heterocycles. The normalized spacial score (nSPS) is 15.0. The molecule has 0 aliphatic carbocycles. The van der Waals surface area contributed by atoms with Gasteiger partial charge in [-0.05, 0) is 55.7 Å². The third-order valence-electron chi connectivity index (χ3n) is 4.09. The molecule has 0 N–H and O–H groups in total. The molecule has 3 aromatic rings. The number of aldehydes is 1. The number of nitrogens with zero attached hydrogens (tertiary/aromatic N) is 1. The third kappa shape index (κ3) is 3.13. The molecule has 0 saturated carbocycles. The first kappa shape index (κ1) is 15.1. The van der Waals surface area contributed by atoms with Crippen molar-refractivity contribution < 1.29 is 4.79 Å². The average Bonchev–Trinajstić information content (AvgIpc) is 3.33. The van der Waals surface area contributed by atoms with E-state index in [-0.39, 0.29) is 0 Å².